The maximum atomic E-state index is 4.20. The van der Waals surface area contributed by atoms with Gasteiger partial charge >= 0.3 is 0 Å². The molecule has 56 heavy (non-hydrogen) atoms. The maximum absolute atomic E-state index is 4.20. The molecule has 0 atom stereocenters. The van der Waals surface area contributed by atoms with E-state index in [1.807, 2.05) is 55.5 Å². The first kappa shape index (κ1) is 34.3. The number of para-hydroxylation sites is 1. The number of benzene rings is 4. The molecule has 268 valence electrons. The Balaban J connectivity index is 1.28. The summed E-state index contributed by atoms with van der Waals surface area (Å²) in [6, 6.07) is 39.9. The number of rotatable bonds is 10. The van der Waals surface area contributed by atoms with E-state index < -0.39 is 0 Å². The van der Waals surface area contributed by atoms with E-state index in [0.717, 1.165) is 88.6 Å². The highest BCUT2D eigenvalue weighted by atomic mass is 15.0. The molecule has 4 heteroatoms. The second-order valence-corrected chi connectivity index (χ2v) is 13.7. The molecular weight excluding hydrogens is 681 g/mol. The van der Waals surface area contributed by atoms with E-state index in [1.54, 1.807) is 0 Å². The van der Waals surface area contributed by atoms with E-state index in [0.29, 0.717) is 0 Å². The lowest BCUT2D eigenvalue weighted by Crippen LogP contribution is -1.95. The van der Waals surface area contributed by atoms with E-state index in [2.05, 4.69) is 173 Å². The van der Waals surface area contributed by atoms with Crippen LogP contribution in [0.15, 0.2) is 184 Å². The molecule has 0 fully saturated rings. The number of aromatic nitrogens is 4. The number of nitrogens with zero attached hydrogens (tertiary/aromatic N) is 4. The maximum Gasteiger partial charge on any atom is 0.106 e. The van der Waals surface area contributed by atoms with Gasteiger partial charge in [-0.1, -0.05) is 93.1 Å². The molecule has 0 radical (unpaired) electrons. The minimum absolute atomic E-state index is 0.940. The van der Waals surface area contributed by atoms with Crippen molar-refractivity contribution in [2.45, 2.75) is 13.8 Å². The van der Waals surface area contributed by atoms with Gasteiger partial charge in [-0.3, -0.25) is 0 Å². The lowest BCUT2D eigenvalue weighted by Gasteiger charge is -2.11. The van der Waals surface area contributed by atoms with E-state index >= 15 is 0 Å². The van der Waals surface area contributed by atoms with Gasteiger partial charge in [0.1, 0.15) is 5.52 Å². The fourth-order valence-electron chi connectivity index (χ4n) is 8.33. The summed E-state index contributed by atoms with van der Waals surface area (Å²) in [4.78, 5) is 0. The van der Waals surface area contributed by atoms with Gasteiger partial charge in [-0.25, -0.2) is 0 Å². The van der Waals surface area contributed by atoms with E-state index in [1.165, 1.54) is 10.8 Å². The molecule has 4 heterocycles. The fourth-order valence-corrected chi connectivity index (χ4v) is 8.33. The Morgan fingerprint density at radius 3 is 1.95 bits per heavy atom. The van der Waals surface area contributed by atoms with Crippen LogP contribution in [0.5, 0.6) is 0 Å². The smallest absolute Gasteiger partial charge is 0.106 e. The molecule has 0 saturated carbocycles. The topological polar surface area (TPSA) is 19.7 Å². The molecule has 0 aliphatic heterocycles. The van der Waals surface area contributed by atoms with Gasteiger partial charge in [0, 0.05) is 62.1 Å². The van der Waals surface area contributed by atoms with Crippen molar-refractivity contribution < 1.29 is 0 Å². The van der Waals surface area contributed by atoms with Crippen LogP contribution in [0.3, 0.4) is 0 Å². The molecule has 0 N–H and O–H groups in total. The van der Waals surface area contributed by atoms with Gasteiger partial charge in [0.2, 0.25) is 0 Å². The summed E-state index contributed by atoms with van der Waals surface area (Å²) in [6.45, 7) is 20.6. The van der Waals surface area contributed by atoms with Crippen LogP contribution in [0.1, 0.15) is 13.8 Å². The van der Waals surface area contributed by atoms with Crippen LogP contribution in [0.25, 0.3) is 99.3 Å². The van der Waals surface area contributed by atoms with Crippen molar-refractivity contribution in [1.82, 2.24) is 18.3 Å². The molecule has 9 aromatic rings. The monoisotopic (exact) mass is 720 g/mol. The van der Waals surface area contributed by atoms with E-state index in [-0.39, 0.29) is 0 Å². The van der Waals surface area contributed by atoms with Crippen molar-refractivity contribution in [3.63, 3.8) is 0 Å². The van der Waals surface area contributed by atoms with E-state index in [4.69, 9.17) is 0 Å². The highest BCUT2D eigenvalue weighted by molar-refractivity contribution is 6.21. The lowest BCUT2D eigenvalue weighted by atomic mass is 10.0. The Bertz CT molecular complexity index is 3210. The number of fused-ring (bicyclic) bond motifs is 10. The molecule has 0 bridgehead atoms. The SMILES string of the molecule is C=C/C=C(\C=C)n1c2ccc(-c3ccc4c(c3)c3ccc5c(ccn5/C(C=C)=C/C=C\C)c3n4/C(C=C)=C/C)cc2c2c#cc3c(ccn3-c3ccccc3)c21. The van der Waals surface area contributed by atoms with Crippen LogP contribution in [0.2, 0.25) is 0 Å². The third-order valence-electron chi connectivity index (χ3n) is 10.8. The van der Waals surface area contributed by atoms with Gasteiger partial charge < -0.3 is 18.3 Å². The van der Waals surface area contributed by atoms with Gasteiger partial charge in [0.25, 0.3) is 0 Å². The third kappa shape index (κ3) is 5.10. The molecule has 0 unspecified atom stereocenters. The molecular formula is C52H40N4. The zero-order valence-corrected chi connectivity index (χ0v) is 31.6. The highest BCUT2D eigenvalue weighted by Crippen LogP contribution is 2.41. The largest absolute Gasteiger partial charge is 0.317 e. The van der Waals surface area contributed by atoms with Crippen LogP contribution in [0, 0.1) is 12.1 Å². The second kappa shape index (κ2) is 13.7. The second-order valence-electron chi connectivity index (χ2n) is 13.7. The minimum atomic E-state index is 0.940. The predicted molar refractivity (Wildman–Crippen MR) is 242 cm³/mol. The Labute approximate surface area is 326 Å². The summed E-state index contributed by atoms with van der Waals surface area (Å²) in [5, 5.41) is 6.71. The Morgan fingerprint density at radius 1 is 0.571 bits per heavy atom. The Hall–Kier alpha value is -7.48. The molecule has 0 spiro atoms. The molecule has 4 nitrogen and oxygen atoms in total. The first-order chi connectivity index (χ1) is 27.5. The highest BCUT2D eigenvalue weighted by Gasteiger charge is 2.20. The van der Waals surface area contributed by atoms with Gasteiger partial charge in [0.05, 0.1) is 33.0 Å². The first-order valence-electron chi connectivity index (χ1n) is 18.8. The van der Waals surface area contributed by atoms with Crippen LogP contribution in [-0.4, -0.2) is 18.3 Å². The van der Waals surface area contributed by atoms with Crippen molar-refractivity contribution in [3.05, 3.63) is 197 Å². The van der Waals surface area contributed by atoms with Crippen molar-refractivity contribution in [3.8, 4) is 16.8 Å². The molecule has 4 aromatic heterocycles. The summed E-state index contributed by atoms with van der Waals surface area (Å²) < 4.78 is 8.99. The van der Waals surface area contributed by atoms with Gasteiger partial charge in [-0.15, -0.1) is 0 Å². The number of hydrogen-bond acceptors (Lipinski definition) is 0. The third-order valence-corrected chi connectivity index (χ3v) is 10.8. The van der Waals surface area contributed by atoms with Crippen molar-refractivity contribution in [2.24, 2.45) is 0 Å². The molecule has 0 aliphatic carbocycles. The molecule has 5 aromatic carbocycles. The number of hydrogen-bond donors (Lipinski definition) is 0. The predicted octanol–water partition coefficient (Wildman–Crippen LogP) is 13.9. The summed E-state index contributed by atoms with van der Waals surface area (Å²) in [6.07, 6.45) is 22.1. The van der Waals surface area contributed by atoms with Crippen LogP contribution >= 0.6 is 0 Å². The van der Waals surface area contributed by atoms with Gasteiger partial charge in [-0.05, 0) is 116 Å². The quantitative estimate of drug-likeness (QED) is 0.125. The normalized spacial score (nSPS) is 12.9. The first-order valence-corrected chi connectivity index (χ1v) is 18.8. The lowest BCUT2D eigenvalue weighted by molar-refractivity contribution is 1.13. The molecule has 0 aliphatic rings. The Morgan fingerprint density at radius 2 is 1.25 bits per heavy atom. The fraction of sp³-hybridized carbons (Fsp3) is 0.0385. The Kier molecular flexibility index (Phi) is 8.41. The van der Waals surface area contributed by atoms with Crippen LogP contribution < -0.4 is 0 Å². The molecule has 9 rings (SSSR count). The van der Waals surface area contributed by atoms with Crippen LogP contribution in [-0.2, 0) is 0 Å². The minimum Gasteiger partial charge on any atom is -0.317 e. The van der Waals surface area contributed by atoms with Gasteiger partial charge in [-0.2, -0.15) is 0 Å². The summed E-state index contributed by atoms with van der Waals surface area (Å²) >= 11 is 0. The summed E-state index contributed by atoms with van der Waals surface area (Å²) in [5.41, 5.74) is 12.8. The van der Waals surface area contributed by atoms with Crippen molar-refractivity contribution in [2.75, 3.05) is 0 Å². The summed E-state index contributed by atoms with van der Waals surface area (Å²) in [7, 11) is 0. The average molecular weight is 721 g/mol. The zero-order chi connectivity index (χ0) is 38.5. The standard InChI is InChI=1S/C52H40N4/c1-7-13-18-38(11-5)53-31-29-43-47(53)27-23-41-45-33-35(21-25-49(45)55(51(41)43)37(9-3)10-4)36-22-26-50-46(34-36)42-24-28-48-44(52(42)56(50)39(12-6)17-8-2)30-32-54(48)40-19-15-14-16-20-40/h7-23,25-27,29-34H,2-3,5-6H2,1,4H3/b13-7-,37-10+,38-18+,39-17+. The molecule has 0 saturated heterocycles. The van der Waals surface area contributed by atoms with E-state index in [9.17, 15) is 0 Å². The molecule has 0 amide bonds. The van der Waals surface area contributed by atoms with Crippen LogP contribution in [0.4, 0.5) is 0 Å². The summed E-state index contributed by atoms with van der Waals surface area (Å²) in [5.74, 6) is 0. The van der Waals surface area contributed by atoms with Crippen molar-refractivity contribution in [1.29, 1.82) is 0 Å². The van der Waals surface area contributed by atoms with Gasteiger partial charge in [0.15, 0.2) is 0 Å². The average Bonchev–Trinajstić information content (AvgIpc) is 4.02. The zero-order valence-electron chi connectivity index (χ0n) is 31.6. The van der Waals surface area contributed by atoms with Crippen molar-refractivity contribution >= 4 is 82.5 Å². The number of allylic oxidation sites excluding steroid dienone is 12.